The predicted molar refractivity (Wildman–Crippen MR) is 99.3 cm³/mol. The molecule has 0 atom stereocenters. The molecule has 25 heavy (non-hydrogen) atoms. The zero-order chi connectivity index (χ0) is 17.4. The zero-order valence-electron chi connectivity index (χ0n) is 13.7. The van der Waals surface area contributed by atoms with Crippen LogP contribution in [0.5, 0.6) is 0 Å². The summed E-state index contributed by atoms with van der Waals surface area (Å²) in [6.07, 6.45) is 1.80. The van der Waals surface area contributed by atoms with E-state index in [-0.39, 0.29) is 11.7 Å². The van der Waals surface area contributed by atoms with Gasteiger partial charge in [0, 0.05) is 21.7 Å². The molecular formula is C20H16N2O2S. The Labute approximate surface area is 150 Å². The average molecular weight is 348 g/mol. The zero-order valence-corrected chi connectivity index (χ0v) is 14.5. The number of ketones is 1. The second kappa shape index (κ2) is 6.26. The first kappa shape index (κ1) is 15.7. The van der Waals surface area contributed by atoms with Gasteiger partial charge in [-0.1, -0.05) is 42.1 Å². The third kappa shape index (κ3) is 2.87. The molecule has 2 heterocycles. The number of thioether (sulfide) groups is 1. The van der Waals surface area contributed by atoms with Crippen LogP contribution in [-0.2, 0) is 4.79 Å². The highest BCUT2D eigenvalue weighted by Crippen LogP contribution is 2.48. The molecular weight excluding hydrogens is 332 g/mol. The Hall–Kier alpha value is -2.79. The molecule has 2 aliphatic heterocycles. The molecule has 0 radical (unpaired) electrons. The van der Waals surface area contributed by atoms with Crippen LogP contribution in [0.2, 0.25) is 0 Å². The fourth-order valence-electron chi connectivity index (χ4n) is 2.98. The van der Waals surface area contributed by atoms with E-state index >= 15 is 0 Å². The molecule has 1 amide bonds. The topological polar surface area (TPSA) is 49.4 Å². The highest BCUT2D eigenvalue weighted by atomic mass is 32.2. The smallest absolute Gasteiger partial charge is 0.255 e. The second-order valence-electron chi connectivity index (χ2n) is 5.92. The minimum absolute atomic E-state index is 0.00790. The van der Waals surface area contributed by atoms with Crippen LogP contribution in [0.1, 0.15) is 17.3 Å². The maximum Gasteiger partial charge on any atom is 0.255 e. The molecule has 0 spiro atoms. The summed E-state index contributed by atoms with van der Waals surface area (Å²) in [5, 5.41) is 3.88. The lowest BCUT2D eigenvalue weighted by Crippen LogP contribution is -2.34. The van der Waals surface area contributed by atoms with E-state index in [0.717, 1.165) is 21.3 Å². The normalized spacial score (nSPS) is 15.4. The minimum atomic E-state index is -0.168. The Balaban J connectivity index is 1.67. The second-order valence-corrected chi connectivity index (χ2v) is 6.95. The number of allylic oxidation sites excluding steroid dienone is 2. The van der Waals surface area contributed by atoms with Crippen molar-refractivity contribution in [3.05, 3.63) is 82.5 Å². The number of hydrogen-bond donors (Lipinski definition) is 1. The largest absolute Gasteiger partial charge is 0.328 e. The van der Waals surface area contributed by atoms with Crippen molar-refractivity contribution >= 4 is 29.1 Å². The van der Waals surface area contributed by atoms with E-state index in [2.05, 4.69) is 10.2 Å². The number of amides is 1. The van der Waals surface area contributed by atoms with Crippen molar-refractivity contribution in [2.75, 3.05) is 11.4 Å². The quantitative estimate of drug-likeness (QED) is 0.918. The van der Waals surface area contributed by atoms with Gasteiger partial charge in [0.25, 0.3) is 5.91 Å². The lowest BCUT2D eigenvalue weighted by atomic mass is 10.1. The molecule has 0 saturated carbocycles. The first-order valence-electron chi connectivity index (χ1n) is 8.00. The van der Waals surface area contributed by atoms with E-state index in [4.69, 9.17) is 0 Å². The van der Waals surface area contributed by atoms with Gasteiger partial charge in [-0.3, -0.25) is 9.59 Å². The number of nitrogens with one attached hydrogen (secondary N) is 1. The number of nitrogens with zero attached hydrogens (tertiary/aromatic N) is 1. The number of para-hydroxylation sites is 1. The number of carbonyl (C=O) groups is 2. The molecule has 0 aromatic heterocycles. The SMILES string of the molecule is CC(=O)C1=C2Sc3ccccc3N2CC(NC(=O)c2ccccc2)=C1. The molecule has 4 rings (SSSR count). The number of carbonyl (C=O) groups excluding carboxylic acids is 2. The summed E-state index contributed by atoms with van der Waals surface area (Å²) in [5.41, 5.74) is 3.02. The van der Waals surface area contributed by atoms with Crippen molar-refractivity contribution in [2.24, 2.45) is 0 Å². The van der Waals surface area contributed by atoms with Gasteiger partial charge in [0.15, 0.2) is 5.78 Å². The summed E-state index contributed by atoms with van der Waals surface area (Å²) in [4.78, 5) is 27.8. The number of benzene rings is 2. The van der Waals surface area contributed by atoms with Gasteiger partial charge in [-0.2, -0.15) is 0 Å². The van der Waals surface area contributed by atoms with Crippen LogP contribution in [0.3, 0.4) is 0 Å². The molecule has 2 aromatic carbocycles. The molecule has 0 fully saturated rings. The molecule has 5 heteroatoms. The van der Waals surface area contributed by atoms with E-state index < -0.39 is 0 Å². The summed E-state index contributed by atoms with van der Waals surface area (Å²) >= 11 is 1.60. The van der Waals surface area contributed by atoms with Crippen LogP contribution < -0.4 is 10.2 Å². The third-order valence-electron chi connectivity index (χ3n) is 4.17. The summed E-state index contributed by atoms with van der Waals surface area (Å²) < 4.78 is 0. The van der Waals surface area contributed by atoms with E-state index in [1.165, 1.54) is 0 Å². The lowest BCUT2D eigenvalue weighted by molar-refractivity contribution is -0.113. The molecule has 1 N–H and O–H groups in total. The van der Waals surface area contributed by atoms with Crippen molar-refractivity contribution in [2.45, 2.75) is 11.8 Å². The minimum Gasteiger partial charge on any atom is -0.328 e. The fraction of sp³-hybridized carbons (Fsp3) is 0.100. The molecule has 0 unspecified atom stereocenters. The van der Waals surface area contributed by atoms with Crippen molar-refractivity contribution < 1.29 is 9.59 Å². The first-order chi connectivity index (χ1) is 12.1. The molecule has 0 bridgehead atoms. The molecule has 0 saturated heterocycles. The molecule has 2 aromatic rings. The predicted octanol–water partition coefficient (Wildman–Crippen LogP) is 3.73. The number of rotatable bonds is 3. The van der Waals surface area contributed by atoms with Crippen LogP contribution in [-0.4, -0.2) is 18.2 Å². The standard InChI is InChI=1S/C20H16N2O2S/c1-13(23)16-11-15(21-19(24)14-7-3-2-4-8-14)12-22-17-9-5-6-10-18(17)25-20(16)22/h2-11H,12H2,1H3,(H,21,24). The third-order valence-corrected chi connectivity index (χ3v) is 5.37. The van der Waals surface area contributed by atoms with E-state index in [1.54, 1.807) is 36.9 Å². The highest BCUT2D eigenvalue weighted by molar-refractivity contribution is 8.03. The van der Waals surface area contributed by atoms with Gasteiger partial charge in [-0.25, -0.2) is 0 Å². The van der Waals surface area contributed by atoms with Crippen LogP contribution >= 0.6 is 11.8 Å². The van der Waals surface area contributed by atoms with E-state index in [0.29, 0.717) is 17.7 Å². The summed E-state index contributed by atoms with van der Waals surface area (Å²) in [6.45, 7) is 2.09. The Bertz CT molecular complexity index is 932. The van der Waals surface area contributed by atoms with E-state index in [1.807, 2.05) is 42.5 Å². The molecule has 124 valence electrons. The Kier molecular flexibility index (Phi) is 3.93. The Morgan fingerprint density at radius 3 is 2.52 bits per heavy atom. The van der Waals surface area contributed by atoms with Crippen molar-refractivity contribution in [3.8, 4) is 0 Å². The van der Waals surface area contributed by atoms with Crippen LogP contribution in [0, 0.1) is 0 Å². The Morgan fingerprint density at radius 2 is 1.76 bits per heavy atom. The number of anilines is 1. The first-order valence-corrected chi connectivity index (χ1v) is 8.82. The average Bonchev–Trinajstić information content (AvgIpc) is 3.00. The molecule has 0 aliphatic carbocycles. The van der Waals surface area contributed by atoms with Crippen LogP contribution in [0.4, 0.5) is 5.69 Å². The number of fused-ring (bicyclic) bond motifs is 3. The van der Waals surface area contributed by atoms with Crippen molar-refractivity contribution in [3.63, 3.8) is 0 Å². The van der Waals surface area contributed by atoms with Gasteiger partial charge >= 0.3 is 0 Å². The maximum atomic E-state index is 12.5. The van der Waals surface area contributed by atoms with Crippen LogP contribution in [0.15, 0.2) is 81.9 Å². The summed E-state index contributed by atoms with van der Waals surface area (Å²) in [7, 11) is 0. The molecule has 2 aliphatic rings. The lowest BCUT2D eigenvalue weighted by Gasteiger charge is -2.27. The van der Waals surface area contributed by atoms with Gasteiger partial charge in [-0.15, -0.1) is 0 Å². The summed E-state index contributed by atoms with van der Waals surface area (Å²) in [5.74, 6) is -0.176. The highest BCUT2D eigenvalue weighted by Gasteiger charge is 2.32. The monoisotopic (exact) mass is 348 g/mol. The number of Topliss-reactive ketones (excluding diaryl/α,β-unsaturated/α-hetero) is 1. The van der Waals surface area contributed by atoms with Crippen LogP contribution in [0.25, 0.3) is 0 Å². The Morgan fingerprint density at radius 1 is 1.04 bits per heavy atom. The fourth-order valence-corrected chi connectivity index (χ4v) is 4.20. The van der Waals surface area contributed by atoms with E-state index in [9.17, 15) is 9.59 Å². The van der Waals surface area contributed by atoms with Gasteiger partial charge < -0.3 is 10.2 Å². The number of hydrogen-bond acceptors (Lipinski definition) is 4. The van der Waals surface area contributed by atoms with Gasteiger partial charge in [0.05, 0.1) is 17.3 Å². The van der Waals surface area contributed by atoms with Gasteiger partial charge in [-0.05, 0) is 37.3 Å². The molecule has 4 nitrogen and oxygen atoms in total. The van der Waals surface area contributed by atoms with Crippen molar-refractivity contribution in [1.82, 2.24) is 5.32 Å². The van der Waals surface area contributed by atoms with Gasteiger partial charge in [0.2, 0.25) is 0 Å². The summed E-state index contributed by atoms with van der Waals surface area (Å²) in [6, 6.07) is 17.1. The van der Waals surface area contributed by atoms with Gasteiger partial charge in [0.1, 0.15) is 0 Å². The van der Waals surface area contributed by atoms with Crippen molar-refractivity contribution in [1.29, 1.82) is 0 Å². The maximum absolute atomic E-state index is 12.5.